The number of nitrogens with one attached hydrogen (secondary N) is 3. The topological polar surface area (TPSA) is 94.1 Å². The SMILES string of the molecule is C=C1C=CC=CN1C(=NC)Nc1ccnc(Nc2nc3ccccc3[nH]2)n1. The van der Waals surface area contributed by atoms with Crippen molar-refractivity contribution in [3.05, 3.63) is 73.2 Å². The lowest BCUT2D eigenvalue weighted by molar-refractivity contribution is 0.705. The lowest BCUT2D eigenvalue weighted by Crippen LogP contribution is -2.32. The first kappa shape index (κ1) is 16.5. The van der Waals surface area contributed by atoms with Gasteiger partial charge in [0.2, 0.25) is 17.9 Å². The Kier molecular flexibility index (Phi) is 4.36. The van der Waals surface area contributed by atoms with Gasteiger partial charge in [-0.25, -0.2) is 9.97 Å². The van der Waals surface area contributed by atoms with Gasteiger partial charge in [-0.05, 0) is 30.4 Å². The molecule has 0 saturated heterocycles. The highest BCUT2D eigenvalue weighted by molar-refractivity contribution is 5.95. The molecule has 0 saturated carbocycles. The molecule has 134 valence electrons. The number of imidazole rings is 1. The van der Waals surface area contributed by atoms with Crippen LogP contribution in [0.2, 0.25) is 0 Å². The van der Waals surface area contributed by atoms with Gasteiger partial charge in [-0.3, -0.25) is 15.2 Å². The Hall–Kier alpha value is -3.94. The largest absolute Gasteiger partial charge is 0.324 e. The van der Waals surface area contributed by atoms with Crippen LogP contribution >= 0.6 is 0 Å². The van der Waals surface area contributed by atoms with Crippen LogP contribution < -0.4 is 10.6 Å². The Morgan fingerprint density at radius 2 is 2.07 bits per heavy atom. The number of aromatic amines is 1. The Labute approximate surface area is 156 Å². The van der Waals surface area contributed by atoms with Gasteiger partial charge in [0.1, 0.15) is 5.82 Å². The molecule has 8 heteroatoms. The van der Waals surface area contributed by atoms with Crippen molar-refractivity contribution in [3.8, 4) is 0 Å². The molecule has 3 aromatic rings. The number of benzene rings is 1. The van der Waals surface area contributed by atoms with Gasteiger partial charge in [-0.15, -0.1) is 0 Å². The van der Waals surface area contributed by atoms with E-state index in [0.29, 0.717) is 23.7 Å². The van der Waals surface area contributed by atoms with Crippen molar-refractivity contribution in [1.29, 1.82) is 0 Å². The van der Waals surface area contributed by atoms with Crippen LogP contribution in [0, 0.1) is 0 Å². The lowest BCUT2D eigenvalue weighted by Gasteiger charge is -2.24. The minimum absolute atomic E-state index is 0.419. The van der Waals surface area contributed by atoms with Crippen LogP contribution in [-0.4, -0.2) is 37.8 Å². The summed E-state index contributed by atoms with van der Waals surface area (Å²) in [6, 6.07) is 9.56. The van der Waals surface area contributed by atoms with E-state index in [1.807, 2.05) is 53.6 Å². The van der Waals surface area contributed by atoms with E-state index < -0.39 is 0 Å². The minimum Gasteiger partial charge on any atom is -0.324 e. The monoisotopic (exact) mass is 358 g/mol. The molecular weight excluding hydrogens is 340 g/mol. The minimum atomic E-state index is 0.419. The molecule has 0 bridgehead atoms. The maximum atomic E-state index is 4.47. The molecule has 2 aromatic heterocycles. The summed E-state index contributed by atoms with van der Waals surface area (Å²) < 4.78 is 0. The van der Waals surface area contributed by atoms with E-state index in [1.54, 1.807) is 19.3 Å². The van der Waals surface area contributed by atoms with Crippen LogP contribution in [0.1, 0.15) is 0 Å². The van der Waals surface area contributed by atoms with Crippen LogP contribution in [0.4, 0.5) is 17.7 Å². The van der Waals surface area contributed by atoms with E-state index >= 15 is 0 Å². The summed E-state index contributed by atoms with van der Waals surface area (Å²) in [5, 5.41) is 6.28. The first-order chi connectivity index (χ1) is 13.2. The summed E-state index contributed by atoms with van der Waals surface area (Å²) in [4.78, 5) is 22.5. The molecule has 0 amide bonds. The Morgan fingerprint density at radius 3 is 2.89 bits per heavy atom. The number of fused-ring (bicyclic) bond motifs is 1. The van der Waals surface area contributed by atoms with E-state index in [4.69, 9.17) is 0 Å². The third-order valence-electron chi connectivity index (χ3n) is 3.90. The summed E-state index contributed by atoms with van der Waals surface area (Å²) in [5.74, 6) is 2.20. The highest BCUT2D eigenvalue weighted by Gasteiger charge is 2.13. The molecule has 8 nitrogen and oxygen atoms in total. The highest BCUT2D eigenvalue weighted by Crippen LogP contribution is 2.17. The number of para-hydroxylation sites is 2. The number of aliphatic imine (C=N–C) groups is 1. The van der Waals surface area contributed by atoms with Gasteiger partial charge < -0.3 is 10.3 Å². The number of H-pyrrole nitrogens is 1. The van der Waals surface area contributed by atoms with E-state index in [2.05, 4.69) is 42.1 Å². The molecule has 0 radical (unpaired) electrons. The summed E-state index contributed by atoms with van der Waals surface area (Å²) in [6.07, 6.45) is 9.28. The van der Waals surface area contributed by atoms with Gasteiger partial charge in [-0.1, -0.05) is 24.8 Å². The number of rotatable bonds is 3. The summed E-state index contributed by atoms with van der Waals surface area (Å²) in [5.41, 5.74) is 2.62. The summed E-state index contributed by atoms with van der Waals surface area (Å²) in [6.45, 7) is 4.01. The zero-order valence-electron chi connectivity index (χ0n) is 14.7. The van der Waals surface area contributed by atoms with E-state index in [1.165, 1.54) is 0 Å². The van der Waals surface area contributed by atoms with Crippen molar-refractivity contribution in [2.24, 2.45) is 4.99 Å². The van der Waals surface area contributed by atoms with Crippen molar-refractivity contribution in [2.45, 2.75) is 0 Å². The van der Waals surface area contributed by atoms with Crippen molar-refractivity contribution in [3.63, 3.8) is 0 Å². The quantitative estimate of drug-likeness (QED) is 0.491. The van der Waals surface area contributed by atoms with Gasteiger partial charge in [0.25, 0.3) is 0 Å². The molecule has 0 spiro atoms. The van der Waals surface area contributed by atoms with Crippen molar-refractivity contribution < 1.29 is 0 Å². The number of hydrogen-bond acceptors (Lipinski definition) is 5. The van der Waals surface area contributed by atoms with Gasteiger partial charge in [0.15, 0.2) is 0 Å². The van der Waals surface area contributed by atoms with Crippen LogP contribution in [-0.2, 0) is 0 Å². The molecular formula is C19H18N8. The van der Waals surface area contributed by atoms with Crippen molar-refractivity contribution in [2.75, 3.05) is 17.7 Å². The number of anilines is 3. The molecule has 0 unspecified atom stereocenters. The predicted octanol–water partition coefficient (Wildman–Crippen LogP) is 3.39. The first-order valence-corrected chi connectivity index (χ1v) is 8.34. The summed E-state index contributed by atoms with van der Waals surface area (Å²) in [7, 11) is 1.70. The van der Waals surface area contributed by atoms with Crippen molar-refractivity contribution in [1.82, 2.24) is 24.8 Å². The molecule has 1 aliphatic rings. The Morgan fingerprint density at radius 1 is 1.19 bits per heavy atom. The Bertz CT molecular complexity index is 1040. The molecule has 27 heavy (non-hydrogen) atoms. The molecule has 3 N–H and O–H groups in total. The molecule has 1 aromatic carbocycles. The van der Waals surface area contributed by atoms with E-state index in [9.17, 15) is 0 Å². The third kappa shape index (κ3) is 3.54. The number of guanidine groups is 1. The lowest BCUT2D eigenvalue weighted by atomic mass is 10.3. The second-order valence-electron chi connectivity index (χ2n) is 5.73. The van der Waals surface area contributed by atoms with Gasteiger partial charge in [0, 0.05) is 25.1 Å². The average molecular weight is 358 g/mol. The van der Waals surface area contributed by atoms with Crippen LogP contribution in [0.5, 0.6) is 0 Å². The predicted molar refractivity (Wildman–Crippen MR) is 108 cm³/mol. The van der Waals surface area contributed by atoms with Crippen LogP contribution in [0.3, 0.4) is 0 Å². The molecule has 0 aliphatic carbocycles. The fraction of sp³-hybridized carbons (Fsp3) is 0.0526. The number of hydrogen-bond donors (Lipinski definition) is 3. The summed E-state index contributed by atoms with van der Waals surface area (Å²) >= 11 is 0. The standard InChI is InChI=1S/C19H18N8/c1-13-7-5-6-12-27(13)19(20-2)25-16-10-11-21-17(24-16)26-18-22-14-8-3-4-9-15(14)23-18/h3-12H,1H2,2H3,(H3,20,21,22,23,24,25,26). The smallest absolute Gasteiger partial charge is 0.231 e. The molecule has 0 fully saturated rings. The fourth-order valence-corrected chi connectivity index (χ4v) is 2.63. The maximum absolute atomic E-state index is 4.47. The molecule has 4 rings (SSSR count). The van der Waals surface area contributed by atoms with Gasteiger partial charge in [-0.2, -0.15) is 4.98 Å². The van der Waals surface area contributed by atoms with E-state index in [0.717, 1.165) is 16.7 Å². The third-order valence-corrected chi connectivity index (χ3v) is 3.90. The van der Waals surface area contributed by atoms with E-state index in [-0.39, 0.29) is 0 Å². The van der Waals surface area contributed by atoms with Crippen molar-refractivity contribution >= 4 is 34.7 Å². The second kappa shape index (κ2) is 7.12. The fourth-order valence-electron chi connectivity index (χ4n) is 2.63. The highest BCUT2D eigenvalue weighted by atomic mass is 15.3. The number of nitrogens with zero attached hydrogens (tertiary/aromatic N) is 5. The van der Waals surface area contributed by atoms with Gasteiger partial charge >= 0.3 is 0 Å². The molecule has 3 heterocycles. The first-order valence-electron chi connectivity index (χ1n) is 8.34. The number of allylic oxidation sites excluding steroid dienone is 3. The average Bonchev–Trinajstić information content (AvgIpc) is 3.09. The number of aromatic nitrogens is 4. The normalized spacial score (nSPS) is 14.0. The second-order valence-corrected chi connectivity index (χ2v) is 5.73. The molecule has 0 atom stereocenters. The van der Waals surface area contributed by atoms with Crippen LogP contribution in [0.25, 0.3) is 11.0 Å². The van der Waals surface area contributed by atoms with Gasteiger partial charge in [0.05, 0.1) is 11.0 Å². The van der Waals surface area contributed by atoms with Crippen LogP contribution in [0.15, 0.2) is 78.2 Å². The zero-order chi connectivity index (χ0) is 18.6. The maximum Gasteiger partial charge on any atom is 0.231 e. The Balaban J connectivity index is 1.52. The zero-order valence-corrected chi connectivity index (χ0v) is 14.7. The molecule has 1 aliphatic heterocycles.